The first kappa shape index (κ1) is 13.7. The van der Waals surface area contributed by atoms with Gasteiger partial charge in [0, 0.05) is 4.47 Å². The first-order valence-electron chi connectivity index (χ1n) is 5.27. The predicted molar refractivity (Wildman–Crippen MR) is 70.1 cm³/mol. The first-order chi connectivity index (χ1) is 8.88. The number of nitrogens with two attached hydrogens (primary N) is 1. The van der Waals surface area contributed by atoms with Crippen molar-refractivity contribution in [3.63, 3.8) is 0 Å². The van der Waals surface area contributed by atoms with Gasteiger partial charge in [0.15, 0.2) is 0 Å². The highest BCUT2D eigenvalue weighted by Crippen LogP contribution is 2.40. The Kier molecular flexibility index (Phi) is 3.71. The summed E-state index contributed by atoms with van der Waals surface area (Å²) in [6.45, 7) is 0. The maximum absolute atomic E-state index is 12.9. The number of para-hydroxylation sites is 2. The molecule has 2 aromatic rings. The molecule has 0 saturated carbocycles. The fourth-order valence-electron chi connectivity index (χ4n) is 1.51. The number of hydrogen-bond acceptors (Lipinski definition) is 2. The van der Waals surface area contributed by atoms with Gasteiger partial charge in [-0.3, -0.25) is 0 Å². The zero-order valence-corrected chi connectivity index (χ0v) is 11.1. The molecule has 19 heavy (non-hydrogen) atoms. The fraction of sp³-hybridized carbons (Fsp3) is 0.0769. The minimum Gasteiger partial charge on any atom is -0.455 e. The molecule has 0 fully saturated rings. The molecular weight excluding hydrogens is 323 g/mol. The molecule has 2 N–H and O–H groups in total. The quantitative estimate of drug-likeness (QED) is 0.799. The lowest BCUT2D eigenvalue weighted by Crippen LogP contribution is -2.07. The van der Waals surface area contributed by atoms with Gasteiger partial charge in [-0.2, -0.15) is 13.2 Å². The van der Waals surface area contributed by atoms with Gasteiger partial charge in [-0.15, -0.1) is 0 Å². The Balaban J connectivity index is 2.45. The van der Waals surface area contributed by atoms with Crippen LogP contribution < -0.4 is 10.5 Å². The molecule has 0 amide bonds. The van der Waals surface area contributed by atoms with Crippen molar-refractivity contribution in [1.29, 1.82) is 0 Å². The summed E-state index contributed by atoms with van der Waals surface area (Å²) >= 11 is 3.12. The minimum absolute atomic E-state index is 0.186. The number of ether oxygens (including phenoxy) is 1. The van der Waals surface area contributed by atoms with Gasteiger partial charge in [-0.1, -0.05) is 28.1 Å². The molecule has 0 atom stereocenters. The van der Waals surface area contributed by atoms with Crippen LogP contribution in [0, 0.1) is 0 Å². The molecule has 2 rings (SSSR count). The van der Waals surface area contributed by atoms with Crippen molar-refractivity contribution < 1.29 is 17.9 Å². The van der Waals surface area contributed by atoms with E-state index in [-0.39, 0.29) is 17.2 Å². The van der Waals surface area contributed by atoms with Crippen LogP contribution in [0.2, 0.25) is 0 Å². The summed E-state index contributed by atoms with van der Waals surface area (Å²) in [4.78, 5) is 0. The molecular formula is C13H9BrF3NO. The van der Waals surface area contributed by atoms with Crippen LogP contribution >= 0.6 is 15.9 Å². The highest BCUT2D eigenvalue weighted by Gasteiger charge is 2.34. The van der Waals surface area contributed by atoms with Crippen LogP contribution in [0.4, 0.5) is 18.9 Å². The van der Waals surface area contributed by atoms with Gasteiger partial charge < -0.3 is 10.5 Å². The normalized spacial score (nSPS) is 11.4. The fourth-order valence-corrected chi connectivity index (χ4v) is 1.85. The van der Waals surface area contributed by atoms with Crippen LogP contribution in [0.25, 0.3) is 0 Å². The molecule has 0 aliphatic carbocycles. The second-order valence-electron chi connectivity index (χ2n) is 3.78. The zero-order chi connectivity index (χ0) is 14.0. The Bertz CT molecular complexity index is 599. The van der Waals surface area contributed by atoms with E-state index in [1.54, 1.807) is 18.2 Å². The van der Waals surface area contributed by atoms with Gasteiger partial charge in [-0.25, -0.2) is 0 Å². The van der Waals surface area contributed by atoms with Crippen LogP contribution in [0.1, 0.15) is 5.56 Å². The number of benzene rings is 2. The van der Waals surface area contributed by atoms with E-state index in [0.29, 0.717) is 4.47 Å². The largest absolute Gasteiger partial charge is 0.455 e. The molecule has 0 aliphatic rings. The number of halogens is 4. The lowest BCUT2D eigenvalue weighted by molar-refractivity contribution is -0.138. The Morgan fingerprint density at radius 2 is 1.68 bits per heavy atom. The monoisotopic (exact) mass is 331 g/mol. The van der Waals surface area contributed by atoms with E-state index < -0.39 is 11.7 Å². The Hall–Kier alpha value is -1.69. The van der Waals surface area contributed by atoms with E-state index in [0.717, 1.165) is 6.07 Å². The minimum atomic E-state index is -4.49. The van der Waals surface area contributed by atoms with E-state index in [2.05, 4.69) is 15.9 Å². The average Bonchev–Trinajstić information content (AvgIpc) is 2.30. The standard InChI is InChI=1S/C13H9BrF3NO/c14-8-5-6-9(13(15,16)17)12(7-8)19-11-4-2-1-3-10(11)18/h1-7H,18H2. The number of alkyl halides is 3. The Morgan fingerprint density at radius 1 is 1.00 bits per heavy atom. The highest BCUT2D eigenvalue weighted by molar-refractivity contribution is 9.10. The summed E-state index contributed by atoms with van der Waals surface area (Å²) < 4.78 is 44.3. The maximum atomic E-state index is 12.9. The van der Waals surface area contributed by atoms with Crippen molar-refractivity contribution in [2.45, 2.75) is 6.18 Å². The number of hydrogen-bond donors (Lipinski definition) is 1. The van der Waals surface area contributed by atoms with Crippen LogP contribution in [-0.2, 0) is 6.18 Å². The molecule has 0 saturated heterocycles. The van der Waals surface area contributed by atoms with E-state index in [9.17, 15) is 13.2 Å². The molecule has 0 radical (unpaired) electrons. The summed E-state index contributed by atoms with van der Waals surface area (Å²) in [5.74, 6) is -0.106. The van der Waals surface area contributed by atoms with E-state index in [1.165, 1.54) is 18.2 Å². The molecule has 6 heteroatoms. The molecule has 2 aromatic carbocycles. The lowest BCUT2D eigenvalue weighted by atomic mass is 10.2. The van der Waals surface area contributed by atoms with Crippen molar-refractivity contribution >= 4 is 21.6 Å². The van der Waals surface area contributed by atoms with Gasteiger partial charge in [-0.05, 0) is 30.3 Å². The molecule has 0 heterocycles. The third kappa shape index (κ3) is 3.20. The Labute approximate surface area is 116 Å². The third-order valence-electron chi connectivity index (χ3n) is 2.39. The molecule has 2 nitrogen and oxygen atoms in total. The van der Waals surface area contributed by atoms with Crippen molar-refractivity contribution in [1.82, 2.24) is 0 Å². The summed E-state index contributed by atoms with van der Waals surface area (Å²) in [6.07, 6.45) is -4.49. The smallest absolute Gasteiger partial charge is 0.419 e. The maximum Gasteiger partial charge on any atom is 0.419 e. The molecule has 0 bridgehead atoms. The molecule has 0 unspecified atom stereocenters. The summed E-state index contributed by atoms with van der Waals surface area (Å²) in [5.41, 5.74) is 5.07. The number of rotatable bonds is 2. The van der Waals surface area contributed by atoms with Crippen LogP contribution in [0.5, 0.6) is 11.5 Å². The first-order valence-corrected chi connectivity index (χ1v) is 6.06. The third-order valence-corrected chi connectivity index (χ3v) is 2.88. The lowest BCUT2D eigenvalue weighted by Gasteiger charge is -2.15. The van der Waals surface area contributed by atoms with Gasteiger partial charge in [0.2, 0.25) is 0 Å². The molecule has 100 valence electrons. The van der Waals surface area contributed by atoms with Gasteiger partial charge in [0.25, 0.3) is 0 Å². The molecule has 0 spiro atoms. The topological polar surface area (TPSA) is 35.2 Å². The van der Waals surface area contributed by atoms with Gasteiger partial charge in [0.05, 0.1) is 11.3 Å². The second-order valence-corrected chi connectivity index (χ2v) is 4.69. The van der Waals surface area contributed by atoms with Crippen molar-refractivity contribution in [3.8, 4) is 11.5 Å². The summed E-state index contributed by atoms with van der Waals surface area (Å²) in [5, 5.41) is 0. The van der Waals surface area contributed by atoms with Crippen molar-refractivity contribution in [3.05, 3.63) is 52.5 Å². The summed E-state index contributed by atoms with van der Waals surface area (Å²) in [7, 11) is 0. The van der Waals surface area contributed by atoms with Crippen LogP contribution in [0.15, 0.2) is 46.9 Å². The van der Waals surface area contributed by atoms with Crippen LogP contribution in [-0.4, -0.2) is 0 Å². The highest BCUT2D eigenvalue weighted by atomic mass is 79.9. The van der Waals surface area contributed by atoms with Crippen molar-refractivity contribution in [2.75, 3.05) is 5.73 Å². The van der Waals surface area contributed by atoms with E-state index in [4.69, 9.17) is 10.5 Å². The zero-order valence-electron chi connectivity index (χ0n) is 9.54. The van der Waals surface area contributed by atoms with Gasteiger partial charge in [0.1, 0.15) is 11.5 Å². The Morgan fingerprint density at radius 3 is 2.32 bits per heavy atom. The van der Waals surface area contributed by atoms with E-state index >= 15 is 0 Å². The van der Waals surface area contributed by atoms with Gasteiger partial charge >= 0.3 is 6.18 Å². The second kappa shape index (κ2) is 5.13. The number of anilines is 1. The van der Waals surface area contributed by atoms with Crippen molar-refractivity contribution in [2.24, 2.45) is 0 Å². The van der Waals surface area contributed by atoms with Crippen LogP contribution in [0.3, 0.4) is 0 Å². The predicted octanol–water partition coefficient (Wildman–Crippen LogP) is 4.84. The molecule has 0 aliphatic heterocycles. The van der Waals surface area contributed by atoms with E-state index in [1.807, 2.05) is 0 Å². The molecule has 0 aromatic heterocycles. The average molecular weight is 332 g/mol. The SMILES string of the molecule is Nc1ccccc1Oc1cc(Br)ccc1C(F)(F)F. The number of nitrogen functional groups attached to an aromatic ring is 1. The summed E-state index contributed by atoms with van der Waals surface area (Å²) in [6, 6.07) is 9.90.